The van der Waals surface area contributed by atoms with Gasteiger partial charge in [-0.05, 0) is 68.9 Å². The lowest BCUT2D eigenvalue weighted by Gasteiger charge is -2.28. The number of piperidine rings is 1. The van der Waals surface area contributed by atoms with Gasteiger partial charge < -0.3 is 25.0 Å². The smallest absolute Gasteiger partial charge is 0.408 e. The van der Waals surface area contributed by atoms with Gasteiger partial charge in [-0.3, -0.25) is 4.79 Å². The highest BCUT2D eigenvalue weighted by Crippen LogP contribution is 2.49. The van der Waals surface area contributed by atoms with Crippen molar-refractivity contribution < 1.29 is 19.1 Å². The van der Waals surface area contributed by atoms with Crippen molar-refractivity contribution in [3.05, 3.63) is 54.1 Å². The van der Waals surface area contributed by atoms with Crippen molar-refractivity contribution in [1.82, 2.24) is 20.5 Å². The average Bonchev–Trinajstić information content (AvgIpc) is 3.33. The van der Waals surface area contributed by atoms with E-state index < -0.39 is 11.7 Å². The summed E-state index contributed by atoms with van der Waals surface area (Å²) >= 11 is 1.53. The lowest BCUT2D eigenvalue weighted by molar-refractivity contribution is -0.131. The number of carbonyl (C=O) groups is 2. The minimum atomic E-state index is -0.589. The number of benzene rings is 2. The lowest BCUT2D eigenvalue weighted by atomic mass is 10.1. The third-order valence-corrected chi connectivity index (χ3v) is 7.41. The van der Waals surface area contributed by atoms with E-state index in [9.17, 15) is 9.59 Å². The van der Waals surface area contributed by atoms with Gasteiger partial charge in [0.05, 0.1) is 10.2 Å². The van der Waals surface area contributed by atoms with Gasteiger partial charge in [-0.2, -0.15) is 0 Å². The quantitative estimate of drug-likeness (QED) is 0.464. The van der Waals surface area contributed by atoms with Crippen molar-refractivity contribution in [2.45, 2.75) is 45.4 Å². The molecule has 3 atom stereocenters. The SMILES string of the molecule is CC(C)(C)OC(=O)NCC(=O)N1CC2CC2C1CNCc1ccc(Oc2nc3ccccc3s2)cc1. The highest BCUT2D eigenvalue weighted by atomic mass is 32.1. The van der Waals surface area contributed by atoms with E-state index in [4.69, 9.17) is 9.47 Å². The van der Waals surface area contributed by atoms with Gasteiger partial charge in [-0.15, -0.1) is 0 Å². The zero-order valence-corrected chi connectivity index (χ0v) is 21.6. The van der Waals surface area contributed by atoms with Crippen LogP contribution in [0.1, 0.15) is 32.8 Å². The lowest BCUT2D eigenvalue weighted by Crippen LogP contribution is -2.48. The number of ether oxygens (including phenoxy) is 2. The summed E-state index contributed by atoms with van der Waals surface area (Å²) in [6, 6.07) is 16.1. The maximum atomic E-state index is 12.8. The second kappa shape index (κ2) is 10.1. The summed E-state index contributed by atoms with van der Waals surface area (Å²) < 4.78 is 12.3. The minimum absolute atomic E-state index is 0.0407. The third kappa shape index (κ3) is 5.96. The molecule has 2 N–H and O–H groups in total. The number of para-hydroxylation sites is 1. The Bertz CT molecular complexity index is 1200. The van der Waals surface area contributed by atoms with E-state index in [1.807, 2.05) is 53.4 Å². The van der Waals surface area contributed by atoms with Gasteiger partial charge >= 0.3 is 6.09 Å². The number of nitrogens with zero attached hydrogens (tertiary/aromatic N) is 2. The Balaban J connectivity index is 1.09. The fourth-order valence-electron chi connectivity index (χ4n) is 4.72. The van der Waals surface area contributed by atoms with Crippen molar-refractivity contribution in [3.8, 4) is 10.9 Å². The second-order valence-electron chi connectivity index (χ2n) is 10.5. The van der Waals surface area contributed by atoms with Crippen LogP contribution in [0, 0.1) is 11.8 Å². The highest BCUT2D eigenvalue weighted by Gasteiger charge is 2.53. The van der Waals surface area contributed by atoms with E-state index in [0.29, 0.717) is 23.6 Å². The van der Waals surface area contributed by atoms with Crippen LogP contribution in [0.4, 0.5) is 4.79 Å². The first-order valence-electron chi connectivity index (χ1n) is 12.3. The zero-order chi connectivity index (χ0) is 25.3. The van der Waals surface area contributed by atoms with Crippen LogP contribution in [0.2, 0.25) is 0 Å². The molecule has 190 valence electrons. The summed E-state index contributed by atoms with van der Waals surface area (Å²) in [6.45, 7) is 7.55. The molecule has 0 radical (unpaired) electrons. The molecule has 5 rings (SSSR count). The number of nitrogens with one attached hydrogen (secondary N) is 2. The molecule has 1 aliphatic carbocycles. The molecule has 2 fully saturated rings. The van der Waals surface area contributed by atoms with Gasteiger partial charge in [0.1, 0.15) is 17.9 Å². The van der Waals surface area contributed by atoms with E-state index in [1.54, 1.807) is 20.8 Å². The molecule has 3 unspecified atom stereocenters. The monoisotopic (exact) mass is 508 g/mol. The normalized spacial score (nSPS) is 20.8. The summed E-state index contributed by atoms with van der Waals surface area (Å²) in [5.74, 6) is 1.83. The number of thiazole rings is 1. The van der Waals surface area contributed by atoms with Crippen LogP contribution in [-0.2, 0) is 16.1 Å². The van der Waals surface area contributed by atoms with Crippen molar-refractivity contribution in [1.29, 1.82) is 0 Å². The molecule has 1 saturated heterocycles. The van der Waals surface area contributed by atoms with Crippen LogP contribution in [-0.4, -0.2) is 53.2 Å². The predicted octanol–water partition coefficient (Wildman–Crippen LogP) is 4.55. The van der Waals surface area contributed by atoms with Gasteiger partial charge in [0.15, 0.2) is 0 Å². The summed E-state index contributed by atoms with van der Waals surface area (Å²) in [4.78, 5) is 31.1. The topological polar surface area (TPSA) is 92.8 Å². The highest BCUT2D eigenvalue weighted by molar-refractivity contribution is 7.20. The molecular weight excluding hydrogens is 476 g/mol. The maximum Gasteiger partial charge on any atom is 0.408 e. The Morgan fingerprint density at radius 1 is 1.14 bits per heavy atom. The number of alkyl carbamates (subject to hydrolysis) is 1. The molecule has 0 bridgehead atoms. The van der Waals surface area contributed by atoms with Crippen molar-refractivity contribution in [2.75, 3.05) is 19.6 Å². The molecule has 9 heteroatoms. The standard InChI is InChI=1S/C27H32N4O4S/c1-27(2,3)35-25(33)29-15-24(32)31-16-18-12-20(18)22(31)14-28-13-17-8-10-19(11-9-17)34-26-30-21-6-4-5-7-23(21)36-26/h4-11,18,20,22,28H,12-16H2,1-3H3,(H,29,33). The minimum Gasteiger partial charge on any atom is -0.444 e. The largest absolute Gasteiger partial charge is 0.444 e. The average molecular weight is 509 g/mol. The van der Waals surface area contributed by atoms with E-state index in [-0.39, 0.29) is 18.5 Å². The predicted molar refractivity (Wildman–Crippen MR) is 139 cm³/mol. The van der Waals surface area contributed by atoms with Crippen LogP contribution in [0.3, 0.4) is 0 Å². The second-order valence-corrected chi connectivity index (χ2v) is 11.4. The number of likely N-dealkylation sites (tertiary alicyclic amines) is 1. The van der Waals surface area contributed by atoms with Crippen molar-refractivity contribution in [3.63, 3.8) is 0 Å². The summed E-state index contributed by atoms with van der Waals surface area (Å²) in [5.41, 5.74) is 1.49. The van der Waals surface area contributed by atoms with Crippen LogP contribution in [0.5, 0.6) is 10.9 Å². The first-order chi connectivity index (χ1) is 17.2. The van der Waals surface area contributed by atoms with E-state index >= 15 is 0 Å². The molecule has 2 aliphatic rings. The molecule has 1 saturated carbocycles. The third-order valence-electron chi connectivity index (χ3n) is 6.49. The maximum absolute atomic E-state index is 12.8. The molecule has 1 aliphatic heterocycles. The van der Waals surface area contributed by atoms with Crippen LogP contribution < -0.4 is 15.4 Å². The molecule has 0 spiro atoms. The Morgan fingerprint density at radius 2 is 1.92 bits per heavy atom. The van der Waals surface area contributed by atoms with E-state index in [0.717, 1.165) is 34.6 Å². The summed E-state index contributed by atoms with van der Waals surface area (Å²) in [7, 11) is 0. The fraction of sp³-hybridized carbons (Fsp3) is 0.444. The van der Waals surface area contributed by atoms with Gasteiger partial charge in [0.25, 0.3) is 5.19 Å². The zero-order valence-electron chi connectivity index (χ0n) is 20.8. The first kappa shape index (κ1) is 24.5. The van der Waals surface area contributed by atoms with Crippen molar-refractivity contribution in [2.24, 2.45) is 11.8 Å². The molecule has 36 heavy (non-hydrogen) atoms. The number of amides is 2. The number of carbonyl (C=O) groups excluding carboxylic acids is 2. The van der Waals surface area contributed by atoms with Crippen LogP contribution in [0.15, 0.2) is 48.5 Å². The Morgan fingerprint density at radius 3 is 2.67 bits per heavy atom. The summed E-state index contributed by atoms with van der Waals surface area (Å²) in [5, 5.41) is 6.73. The summed E-state index contributed by atoms with van der Waals surface area (Å²) in [6.07, 6.45) is 0.610. The number of rotatable bonds is 8. The van der Waals surface area contributed by atoms with Crippen molar-refractivity contribution >= 4 is 33.6 Å². The van der Waals surface area contributed by atoms with E-state index in [2.05, 4.69) is 15.6 Å². The Labute approximate surface area is 215 Å². The molecule has 2 aromatic carbocycles. The molecule has 2 amide bonds. The van der Waals surface area contributed by atoms with Gasteiger partial charge in [0.2, 0.25) is 5.91 Å². The molecule has 1 aromatic heterocycles. The van der Waals surface area contributed by atoms with Crippen LogP contribution >= 0.6 is 11.3 Å². The first-order valence-corrected chi connectivity index (χ1v) is 13.2. The number of hydrogen-bond donors (Lipinski definition) is 2. The van der Waals surface area contributed by atoms with Gasteiger partial charge in [-0.1, -0.05) is 35.6 Å². The fourth-order valence-corrected chi connectivity index (χ4v) is 5.55. The van der Waals surface area contributed by atoms with Crippen LogP contribution in [0.25, 0.3) is 10.2 Å². The van der Waals surface area contributed by atoms with Gasteiger partial charge in [0, 0.05) is 25.7 Å². The van der Waals surface area contributed by atoms with Gasteiger partial charge in [-0.25, -0.2) is 9.78 Å². The molecule has 3 aromatic rings. The Hall–Kier alpha value is -3.17. The number of aromatic nitrogens is 1. The number of hydrogen-bond acceptors (Lipinski definition) is 7. The molecular formula is C27H32N4O4S. The Kier molecular flexibility index (Phi) is 6.85. The number of fused-ring (bicyclic) bond motifs is 2. The van der Waals surface area contributed by atoms with E-state index in [1.165, 1.54) is 17.8 Å². The molecule has 8 nitrogen and oxygen atoms in total. The molecule has 2 heterocycles.